The maximum absolute atomic E-state index is 10.8. The van der Waals surface area contributed by atoms with Gasteiger partial charge in [0.1, 0.15) is 5.69 Å². The fourth-order valence-corrected chi connectivity index (χ4v) is 0.869. The van der Waals surface area contributed by atoms with Crippen molar-refractivity contribution in [3.8, 4) is 0 Å². The lowest BCUT2D eigenvalue weighted by molar-refractivity contribution is -0.789. The molecule has 1 aromatic rings. The van der Waals surface area contributed by atoms with Gasteiger partial charge in [-0.15, -0.1) is 0 Å². The quantitative estimate of drug-likeness (QED) is 0.361. The Kier molecular flexibility index (Phi) is 2.74. The van der Waals surface area contributed by atoms with Gasteiger partial charge in [0.15, 0.2) is 5.69 Å². The summed E-state index contributed by atoms with van der Waals surface area (Å²) in [6.07, 6.45) is 0. The van der Waals surface area contributed by atoms with E-state index in [0.717, 1.165) is 0 Å². The van der Waals surface area contributed by atoms with Crippen molar-refractivity contribution in [2.75, 3.05) is 7.05 Å². The average molecular weight is 169 g/mol. The molecule has 0 heterocycles. The van der Waals surface area contributed by atoms with E-state index in [0.29, 0.717) is 11.4 Å². The van der Waals surface area contributed by atoms with E-state index in [9.17, 15) is 10.4 Å². The first-order valence-electron chi connectivity index (χ1n) is 3.52. The summed E-state index contributed by atoms with van der Waals surface area (Å²) < 4.78 is 0. The highest BCUT2D eigenvalue weighted by Gasteiger charge is 2.00. The number of hydrogen-bond donors (Lipinski definition) is 3. The summed E-state index contributed by atoms with van der Waals surface area (Å²) in [5.74, 6) is 5.02. The molecule has 0 amide bonds. The first-order chi connectivity index (χ1) is 5.61. The highest BCUT2D eigenvalue weighted by atomic mass is 16.5. The van der Waals surface area contributed by atoms with Crippen molar-refractivity contribution in [3.05, 3.63) is 34.7 Å². The van der Waals surface area contributed by atoms with Gasteiger partial charge in [-0.3, -0.25) is 5.17 Å². The highest BCUT2D eigenvalue weighted by Crippen LogP contribution is 2.04. The van der Waals surface area contributed by atoms with Crippen LogP contribution in [0.3, 0.4) is 0 Å². The molecule has 0 aliphatic carbocycles. The number of hydroxylamine groups is 1. The molecule has 2 unspecified atom stereocenters. The van der Waals surface area contributed by atoms with Crippen LogP contribution in [-0.2, 0) is 0 Å². The summed E-state index contributed by atoms with van der Waals surface area (Å²) in [7, 11) is 1.47. The van der Waals surface area contributed by atoms with Crippen molar-refractivity contribution >= 4 is 11.4 Å². The van der Waals surface area contributed by atoms with E-state index in [1.807, 2.05) is 0 Å². The van der Waals surface area contributed by atoms with Crippen LogP contribution in [0.5, 0.6) is 0 Å². The van der Waals surface area contributed by atoms with Gasteiger partial charge in [-0.1, -0.05) is 0 Å². The number of benzene rings is 1. The number of hydrogen-bond acceptors (Lipinski definition) is 3. The Morgan fingerprint density at radius 1 is 1.08 bits per heavy atom. The predicted octanol–water partition coefficient (Wildman–Crippen LogP) is -1.78. The second kappa shape index (κ2) is 3.61. The Morgan fingerprint density at radius 3 is 1.83 bits per heavy atom. The normalized spacial score (nSPS) is 15.7. The van der Waals surface area contributed by atoms with Crippen molar-refractivity contribution in [1.82, 2.24) is 0 Å². The van der Waals surface area contributed by atoms with E-state index in [4.69, 9.17) is 5.84 Å². The van der Waals surface area contributed by atoms with Gasteiger partial charge < -0.3 is 15.5 Å². The smallest absolute Gasteiger partial charge is 0.150 e. The van der Waals surface area contributed by atoms with Gasteiger partial charge in [-0.2, -0.15) is 5.84 Å². The van der Waals surface area contributed by atoms with Crippen molar-refractivity contribution in [2.24, 2.45) is 5.84 Å². The third kappa shape index (κ3) is 2.00. The third-order valence-corrected chi connectivity index (χ3v) is 1.58. The van der Waals surface area contributed by atoms with Crippen LogP contribution in [0.4, 0.5) is 11.4 Å². The van der Waals surface area contributed by atoms with Crippen LogP contribution < -0.4 is 16.1 Å². The Balaban J connectivity index is 2.86. The lowest BCUT2D eigenvalue weighted by Crippen LogP contribution is -3.08. The number of nitrogens with one attached hydrogen (secondary N) is 2. The fraction of sp³-hybridized carbons (Fsp3) is 0.143. The maximum atomic E-state index is 10.8. The summed E-state index contributed by atoms with van der Waals surface area (Å²) in [6.45, 7) is 0. The number of nitrogens with two attached hydrogens (primary N) is 1. The molecule has 0 radical (unpaired) electrons. The van der Waals surface area contributed by atoms with E-state index in [-0.39, 0.29) is 5.06 Å². The molecule has 0 saturated heterocycles. The monoisotopic (exact) mass is 169 g/mol. The van der Waals surface area contributed by atoms with E-state index in [1.165, 1.54) is 7.05 Å². The summed E-state index contributed by atoms with van der Waals surface area (Å²) >= 11 is 0. The minimum Gasteiger partial charge on any atom is -0.629 e. The second-order valence-electron chi connectivity index (χ2n) is 2.50. The van der Waals surface area contributed by atoms with E-state index in [1.54, 1.807) is 24.3 Å². The molecule has 0 aliphatic rings. The Labute approximate surface area is 70.1 Å². The SMILES string of the molecule is C[NH+]([O-])c1ccc([NH+](N)[O-])cc1. The molecule has 0 aliphatic heterocycles. The van der Waals surface area contributed by atoms with Gasteiger partial charge in [0.2, 0.25) is 0 Å². The lowest BCUT2D eigenvalue weighted by Gasteiger charge is -2.17. The van der Waals surface area contributed by atoms with Crippen LogP contribution in [0.1, 0.15) is 0 Å². The number of rotatable bonds is 2. The van der Waals surface area contributed by atoms with Gasteiger partial charge in [0.25, 0.3) is 0 Å². The molecule has 66 valence electrons. The van der Waals surface area contributed by atoms with Crippen LogP contribution in [0.25, 0.3) is 0 Å². The predicted molar refractivity (Wildman–Crippen MR) is 44.5 cm³/mol. The van der Waals surface area contributed by atoms with Crippen LogP contribution >= 0.6 is 0 Å². The summed E-state index contributed by atoms with van der Waals surface area (Å²) in [4.78, 5) is 0. The Morgan fingerprint density at radius 2 is 1.50 bits per heavy atom. The summed E-state index contributed by atoms with van der Waals surface area (Å²) in [5, 5.41) is 20.9. The van der Waals surface area contributed by atoms with Crippen LogP contribution in [0.15, 0.2) is 24.3 Å². The molecular formula is C7H11N3O2. The molecule has 0 aromatic heterocycles. The molecule has 4 N–H and O–H groups in total. The molecule has 5 nitrogen and oxygen atoms in total. The molecule has 2 atom stereocenters. The lowest BCUT2D eigenvalue weighted by atomic mass is 10.3. The maximum Gasteiger partial charge on any atom is 0.150 e. The molecule has 1 rings (SSSR count). The van der Waals surface area contributed by atoms with Crippen LogP contribution in [0, 0.1) is 10.4 Å². The van der Waals surface area contributed by atoms with Crippen molar-refractivity contribution < 1.29 is 10.2 Å². The van der Waals surface area contributed by atoms with Gasteiger partial charge >= 0.3 is 0 Å². The van der Waals surface area contributed by atoms with Gasteiger partial charge in [0.05, 0.1) is 7.05 Å². The van der Waals surface area contributed by atoms with E-state index < -0.39 is 5.17 Å². The molecule has 1 aromatic carbocycles. The van der Waals surface area contributed by atoms with Gasteiger partial charge in [0, 0.05) is 24.3 Å². The Hall–Kier alpha value is -0.980. The molecule has 0 fully saturated rings. The van der Waals surface area contributed by atoms with E-state index in [2.05, 4.69) is 0 Å². The van der Waals surface area contributed by atoms with E-state index >= 15 is 0 Å². The standard InChI is InChI=1S/C7H11N3O2/c1-9(11)6-2-4-7(5-3-6)10(8)12/h2-5,9-10H,8H2,1H3. The van der Waals surface area contributed by atoms with Crippen LogP contribution in [-0.4, -0.2) is 7.05 Å². The van der Waals surface area contributed by atoms with Crippen LogP contribution in [0.2, 0.25) is 0 Å². The largest absolute Gasteiger partial charge is 0.629 e. The average Bonchev–Trinajstić information content (AvgIpc) is 2.04. The zero-order valence-corrected chi connectivity index (χ0v) is 6.70. The topological polar surface area (TPSA) is 81.0 Å². The first-order valence-corrected chi connectivity index (χ1v) is 3.52. The van der Waals surface area contributed by atoms with Gasteiger partial charge in [-0.25, -0.2) is 0 Å². The summed E-state index contributed by atoms with van der Waals surface area (Å²) in [6, 6.07) is 6.25. The molecule has 0 saturated carbocycles. The number of quaternary nitrogens is 2. The number of nitrogen functional groups attached to an aromatic ring is 1. The molecule has 0 spiro atoms. The minimum atomic E-state index is -0.481. The third-order valence-electron chi connectivity index (χ3n) is 1.58. The molecular weight excluding hydrogens is 158 g/mol. The second-order valence-corrected chi connectivity index (χ2v) is 2.50. The molecule has 0 bridgehead atoms. The van der Waals surface area contributed by atoms with Crippen molar-refractivity contribution in [3.63, 3.8) is 0 Å². The van der Waals surface area contributed by atoms with Crippen molar-refractivity contribution in [1.29, 1.82) is 0 Å². The highest BCUT2D eigenvalue weighted by molar-refractivity contribution is 5.39. The molecule has 12 heavy (non-hydrogen) atoms. The Bertz CT molecular complexity index is 218. The zero-order valence-electron chi connectivity index (χ0n) is 6.70. The fourth-order valence-electron chi connectivity index (χ4n) is 0.869. The van der Waals surface area contributed by atoms with Crippen molar-refractivity contribution in [2.45, 2.75) is 0 Å². The van der Waals surface area contributed by atoms with Gasteiger partial charge in [-0.05, 0) is 0 Å². The summed E-state index contributed by atoms with van der Waals surface area (Å²) in [5.41, 5.74) is 1.00. The minimum absolute atomic E-state index is 0.0222. The molecule has 5 heteroatoms. The zero-order chi connectivity index (χ0) is 9.14. The first kappa shape index (κ1) is 9.11.